The maximum atomic E-state index is 11.5. The van der Waals surface area contributed by atoms with Crippen LogP contribution in [0.2, 0.25) is 0 Å². The van der Waals surface area contributed by atoms with E-state index in [0.717, 1.165) is 25.7 Å². The molecule has 0 saturated heterocycles. The number of carbonyl (C=O) groups excluding carboxylic acids is 2. The highest BCUT2D eigenvalue weighted by molar-refractivity contribution is 5.79. The van der Waals surface area contributed by atoms with Gasteiger partial charge in [0.15, 0.2) is 0 Å². The Hall–Kier alpha value is -1.10. The summed E-state index contributed by atoms with van der Waals surface area (Å²) >= 11 is 0. The molecule has 1 atom stereocenters. The second-order valence-electron chi connectivity index (χ2n) is 4.86. The van der Waals surface area contributed by atoms with Gasteiger partial charge in [0.25, 0.3) is 0 Å². The highest BCUT2D eigenvalue weighted by Crippen LogP contribution is 2.15. The Kier molecular flexibility index (Phi) is 9.21. The van der Waals surface area contributed by atoms with Crippen LogP contribution in [0.4, 0.5) is 0 Å². The first-order valence-corrected chi connectivity index (χ1v) is 7.05. The average molecular weight is 273 g/mol. The molecule has 0 aliphatic carbocycles. The Bertz CT molecular complexity index is 277. The van der Waals surface area contributed by atoms with Gasteiger partial charge in [0.1, 0.15) is 5.54 Å². The zero-order chi connectivity index (χ0) is 14.7. The maximum absolute atomic E-state index is 11.5. The van der Waals surface area contributed by atoms with Crippen molar-refractivity contribution in [3.05, 3.63) is 0 Å². The molecule has 0 spiro atoms. The van der Waals surface area contributed by atoms with Crippen molar-refractivity contribution in [2.75, 3.05) is 13.2 Å². The first kappa shape index (κ1) is 17.9. The van der Waals surface area contributed by atoms with E-state index in [0.29, 0.717) is 26.1 Å². The van der Waals surface area contributed by atoms with Gasteiger partial charge in [-0.05, 0) is 33.6 Å². The first-order valence-electron chi connectivity index (χ1n) is 7.05. The summed E-state index contributed by atoms with van der Waals surface area (Å²) < 4.78 is 9.76. The smallest absolute Gasteiger partial charge is 0.325 e. The lowest BCUT2D eigenvalue weighted by molar-refractivity contribution is -0.149. The highest BCUT2D eigenvalue weighted by atomic mass is 16.5. The molecule has 0 amide bonds. The van der Waals surface area contributed by atoms with Gasteiger partial charge in [0.05, 0.1) is 13.2 Å². The van der Waals surface area contributed by atoms with Crippen molar-refractivity contribution >= 4 is 11.9 Å². The van der Waals surface area contributed by atoms with Crippen LogP contribution in [-0.4, -0.2) is 30.7 Å². The largest absolute Gasteiger partial charge is 0.466 e. The predicted molar refractivity (Wildman–Crippen MR) is 73.6 cm³/mol. The van der Waals surface area contributed by atoms with Crippen LogP contribution in [0.3, 0.4) is 0 Å². The molecule has 19 heavy (non-hydrogen) atoms. The fourth-order valence-corrected chi connectivity index (χ4v) is 1.75. The van der Waals surface area contributed by atoms with Crippen molar-refractivity contribution in [1.29, 1.82) is 0 Å². The zero-order valence-corrected chi connectivity index (χ0v) is 12.4. The Morgan fingerprint density at radius 1 is 1.00 bits per heavy atom. The monoisotopic (exact) mass is 273 g/mol. The van der Waals surface area contributed by atoms with Gasteiger partial charge in [-0.15, -0.1) is 0 Å². The van der Waals surface area contributed by atoms with Crippen molar-refractivity contribution in [3.63, 3.8) is 0 Å². The minimum Gasteiger partial charge on any atom is -0.466 e. The quantitative estimate of drug-likeness (QED) is 0.487. The number of carbonyl (C=O) groups is 2. The molecule has 5 heteroatoms. The van der Waals surface area contributed by atoms with Crippen LogP contribution in [0.1, 0.15) is 59.3 Å². The standard InChI is InChI=1S/C14H27NO4/c1-4-18-12(16)10-8-6-7-9-11-14(3,15)13(17)19-5-2/h4-11,15H2,1-3H3. The molecular weight excluding hydrogens is 246 g/mol. The van der Waals surface area contributed by atoms with Gasteiger partial charge in [-0.1, -0.05) is 19.3 Å². The van der Waals surface area contributed by atoms with Gasteiger partial charge in [-0.25, -0.2) is 0 Å². The topological polar surface area (TPSA) is 78.6 Å². The van der Waals surface area contributed by atoms with Gasteiger partial charge in [-0.3, -0.25) is 9.59 Å². The molecule has 0 saturated carbocycles. The van der Waals surface area contributed by atoms with E-state index in [1.165, 1.54) is 0 Å². The highest BCUT2D eigenvalue weighted by Gasteiger charge is 2.28. The molecule has 5 nitrogen and oxygen atoms in total. The Morgan fingerprint density at radius 3 is 2.16 bits per heavy atom. The number of ether oxygens (including phenoxy) is 2. The minimum atomic E-state index is -0.906. The van der Waals surface area contributed by atoms with Crippen LogP contribution >= 0.6 is 0 Å². The molecule has 0 aromatic rings. The molecule has 0 aliphatic rings. The Morgan fingerprint density at radius 2 is 1.58 bits per heavy atom. The van der Waals surface area contributed by atoms with E-state index < -0.39 is 5.54 Å². The fraction of sp³-hybridized carbons (Fsp3) is 0.857. The van der Waals surface area contributed by atoms with E-state index in [-0.39, 0.29) is 11.9 Å². The third-order valence-corrected chi connectivity index (χ3v) is 2.87. The third-order valence-electron chi connectivity index (χ3n) is 2.87. The molecule has 0 aliphatic heterocycles. The van der Waals surface area contributed by atoms with Gasteiger partial charge >= 0.3 is 11.9 Å². The molecule has 0 heterocycles. The van der Waals surface area contributed by atoms with Crippen LogP contribution in [0, 0.1) is 0 Å². The zero-order valence-electron chi connectivity index (χ0n) is 12.4. The number of rotatable bonds is 10. The normalized spacial score (nSPS) is 13.7. The van der Waals surface area contributed by atoms with E-state index in [1.807, 2.05) is 0 Å². The van der Waals surface area contributed by atoms with Crippen molar-refractivity contribution in [2.45, 2.75) is 64.8 Å². The summed E-state index contributed by atoms with van der Waals surface area (Å²) in [5, 5.41) is 0. The van der Waals surface area contributed by atoms with Gasteiger partial charge in [-0.2, -0.15) is 0 Å². The van der Waals surface area contributed by atoms with Crippen LogP contribution in [0.5, 0.6) is 0 Å². The molecule has 0 aromatic carbocycles. The van der Waals surface area contributed by atoms with E-state index in [1.54, 1.807) is 20.8 Å². The molecule has 0 radical (unpaired) electrons. The number of hydrogen-bond donors (Lipinski definition) is 1. The summed E-state index contributed by atoms with van der Waals surface area (Å²) in [7, 11) is 0. The predicted octanol–water partition coefficient (Wildman–Crippen LogP) is 2.17. The molecule has 0 fully saturated rings. The summed E-state index contributed by atoms with van der Waals surface area (Å²) in [6.07, 6.45) is 4.63. The second kappa shape index (κ2) is 9.78. The minimum absolute atomic E-state index is 0.141. The molecule has 1 unspecified atom stereocenters. The Balaban J connectivity index is 3.63. The molecular formula is C14H27NO4. The maximum Gasteiger partial charge on any atom is 0.325 e. The summed E-state index contributed by atoms with van der Waals surface area (Å²) in [6.45, 7) is 6.05. The Labute approximate surface area is 115 Å². The van der Waals surface area contributed by atoms with Crippen LogP contribution < -0.4 is 5.73 Å². The lowest BCUT2D eigenvalue weighted by Gasteiger charge is -2.21. The van der Waals surface area contributed by atoms with Crippen molar-refractivity contribution < 1.29 is 19.1 Å². The van der Waals surface area contributed by atoms with E-state index in [9.17, 15) is 9.59 Å². The number of hydrogen-bond acceptors (Lipinski definition) is 5. The second-order valence-corrected chi connectivity index (χ2v) is 4.86. The van der Waals surface area contributed by atoms with Gasteiger partial charge in [0, 0.05) is 6.42 Å². The number of unbranched alkanes of at least 4 members (excludes halogenated alkanes) is 3. The number of nitrogens with two attached hydrogens (primary N) is 1. The first-order chi connectivity index (χ1) is 8.94. The fourth-order valence-electron chi connectivity index (χ4n) is 1.75. The summed E-state index contributed by atoms with van der Waals surface area (Å²) in [5.41, 5.74) is 4.99. The summed E-state index contributed by atoms with van der Waals surface area (Å²) in [5.74, 6) is -0.487. The average Bonchev–Trinajstić information content (AvgIpc) is 2.34. The molecule has 0 rings (SSSR count). The van der Waals surface area contributed by atoms with Crippen molar-refractivity contribution in [2.24, 2.45) is 5.73 Å². The van der Waals surface area contributed by atoms with Gasteiger partial charge < -0.3 is 15.2 Å². The van der Waals surface area contributed by atoms with Crippen LogP contribution in [-0.2, 0) is 19.1 Å². The SMILES string of the molecule is CCOC(=O)CCCCCCC(C)(N)C(=O)OCC. The van der Waals surface area contributed by atoms with Crippen LogP contribution in [0.25, 0.3) is 0 Å². The van der Waals surface area contributed by atoms with Crippen molar-refractivity contribution in [1.82, 2.24) is 0 Å². The van der Waals surface area contributed by atoms with Crippen molar-refractivity contribution in [3.8, 4) is 0 Å². The lowest BCUT2D eigenvalue weighted by atomic mass is 9.95. The molecule has 0 bridgehead atoms. The molecule has 2 N–H and O–H groups in total. The molecule has 0 aromatic heterocycles. The molecule has 112 valence electrons. The van der Waals surface area contributed by atoms with Crippen LogP contribution in [0.15, 0.2) is 0 Å². The lowest BCUT2D eigenvalue weighted by Crippen LogP contribution is -2.46. The van der Waals surface area contributed by atoms with E-state index in [4.69, 9.17) is 15.2 Å². The van der Waals surface area contributed by atoms with E-state index in [2.05, 4.69) is 0 Å². The summed E-state index contributed by atoms with van der Waals surface area (Å²) in [6, 6.07) is 0. The number of esters is 2. The van der Waals surface area contributed by atoms with Gasteiger partial charge in [0.2, 0.25) is 0 Å². The van der Waals surface area contributed by atoms with E-state index >= 15 is 0 Å². The third kappa shape index (κ3) is 8.59. The summed E-state index contributed by atoms with van der Waals surface area (Å²) in [4.78, 5) is 22.6.